The lowest BCUT2D eigenvalue weighted by atomic mass is 10.3. The van der Waals surface area contributed by atoms with Gasteiger partial charge in [0.2, 0.25) is 0 Å². The van der Waals surface area contributed by atoms with Crippen molar-refractivity contribution in [2.75, 3.05) is 6.54 Å². The SMILES string of the molecule is CC(C)=CCNCc1nncn1C. The third-order valence-electron chi connectivity index (χ3n) is 1.74. The Balaban J connectivity index is 2.28. The quantitative estimate of drug-likeness (QED) is 0.552. The van der Waals surface area contributed by atoms with E-state index >= 15 is 0 Å². The van der Waals surface area contributed by atoms with Crippen molar-refractivity contribution in [2.45, 2.75) is 20.4 Å². The Morgan fingerprint density at radius 2 is 2.38 bits per heavy atom. The number of aryl methyl sites for hydroxylation is 1. The first-order valence-electron chi connectivity index (χ1n) is 4.37. The van der Waals surface area contributed by atoms with Crippen LogP contribution < -0.4 is 5.32 Å². The van der Waals surface area contributed by atoms with Gasteiger partial charge >= 0.3 is 0 Å². The van der Waals surface area contributed by atoms with Crippen molar-refractivity contribution in [1.29, 1.82) is 0 Å². The van der Waals surface area contributed by atoms with Crippen molar-refractivity contribution in [1.82, 2.24) is 20.1 Å². The fourth-order valence-corrected chi connectivity index (χ4v) is 0.927. The summed E-state index contributed by atoms with van der Waals surface area (Å²) in [6.45, 7) is 5.82. The Kier molecular flexibility index (Phi) is 3.64. The van der Waals surface area contributed by atoms with Crippen LogP contribution in [0.15, 0.2) is 18.0 Å². The Hall–Kier alpha value is -1.16. The van der Waals surface area contributed by atoms with E-state index in [4.69, 9.17) is 0 Å². The van der Waals surface area contributed by atoms with Crippen LogP contribution in [0.25, 0.3) is 0 Å². The van der Waals surface area contributed by atoms with Crippen LogP contribution in [0.3, 0.4) is 0 Å². The maximum Gasteiger partial charge on any atom is 0.146 e. The second-order valence-corrected chi connectivity index (χ2v) is 3.27. The lowest BCUT2D eigenvalue weighted by Crippen LogP contribution is -2.16. The highest BCUT2D eigenvalue weighted by Gasteiger charge is 1.97. The van der Waals surface area contributed by atoms with E-state index in [1.54, 1.807) is 6.33 Å². The smallest absolute Gasteiger partial charge is 0.146 e. The topological polar surface area (TPSA) is 42.7 Å². The number of hydrogen-bond acceptors (Lipinski definition) is 3. The molecule has 1 aromatic heterocycles. The van der Waals surface area contributed by atoms with Gasteiger partial charge in [-0.3, -0.25) is 0 Å². The van der Waals surface area contributed by atoms with Crippen molar-refractivity contribution in [3.8, 4) is 0 Å². The number of nitrogens with one attached hydrogen (secondary N) is 1. The van der Waals surface area contributed by atoms with Gasteiger partial charge < -0.3 is 9.88 Å². The van der Waals surface area contributed by atoms with Gasteiger partial charge in [-0.25, -0.2) is 0 Å². The van der Waals surface area contributed by atoms with Gasteiger partial charge in [0.25, 0.3) is 0 Å². The summed E-state index contributed by atoms with van der Waals surface area (Å²) in [7, 11) is 1.94. The van der Waals surface area contributed by atoms with E-state index in [0.29, 0.717) is 0 Å². The van der Waals surface area contributed by atoms with E-state index in [2.05, 4.69) is 35.4 Å². The Labute approximate surface area is 78.7 Å². The fraction of sp³-hybridized carbons (Fsp3) is 0.556. The Bertz CT molecular complexity index is 284. The molecule has 0 aliphatic rings. The number of hydrogen-bond donors (Lipinski definition) is 1. The van der Waals surface area contributed by atoms with E-state index in [1.165, 1.54) is 5.57 Å². The molecule has 0 fully saturated rings. The molecule has 0 atom stereocenters. The molecule has 1 rings (SSSR count). The van der Waals surface area contributed by atoms with E-state index in [1.807, 2.05) is 11.6 Å². The normalized spacial score (nSPS) is 10.1. The highest BCUT2D eigenvalue weighted by Crippen LogP contribution is 1.90. The lowest BCUT2D eigenvalue weighted by molar-refractivity contribution is 0.677. The molecular formula is C9H16N4. The fourth-order valence-electron chi connectivity index (χ4n) is 0.927. The molecule has 72 valence electrons. The molecule has 1 N–H and O–H groups in total. The summed E-state index contributed by atoms with van der Waals surface area (Å²) in [6.07, 6.45) is 3.86. The number of aromatic nitrogens is 3. The highest BCUT2D eigenvalue weighted by molar-refractivity contribution is 4.95. The molecule has 13 heavy (non-hydrogen) atoms. The van der Waals surface area contributed by atoms with Gasteiger partial charge in [0.15, 0.2) is 0 Å². The van der Waals surface area contributed by atoms with Gasteiger partial charge in [-0.15, -0.1) is 10.2 Å². The van der Waals surface area contributed by atoms with Gasteiger partial charge in [-0.05, 0) is 13.8 Å². The summed E-state index contributed by atoms with van der Waals surface area (Å²) in [5.74, 6) is 0.960. The van der Waals surface area contributed by atoms with Crippen LogP contribution in [0.1, 0.15) is 19.7 Å². The van der Waals surface area contributed by atoms with Gasteiger partial charge in [0.1, 0.15) is 12.2 Å². The van der Waals surface area contributed by atoms with Crippen LogP contribution in [0, 0.1) is 0 Å². The van der Waals surface area contributed by atoms with Gasteiger partial charge in [-0.2, -0.15) is 0 Å². The van der Waals surface area contributed by atoms with Crippen LogP contribution in [0.4, 0.5) is 0 Å². The molecule has 1 heterocycles. The Morgan fingerprint density at radius 3 is 2.92 bits per heavy atom. The maximum atomic E-state index is 3.96. The number of nitrogens with zero attached hydrogens (tertiary/aromatic N) is 3. The van der Waals surface area contributed by atoms with E-state index in [0.717, 1.165) is 18.9 Å². The second-order valence-electron chi connectivity index (χ2n) is 3.27. The van der Waals surface area contributed by atoms with Crippen LogP contribution in [0.5, 0.6) is 0 Å². The van der Waals surface area contributed by atoms with Gasteiger partial charge in [0.05, 0.1) is 6.54 Å². The molecule has 0 spiro atoms. The minimum atomic E-state index is 0.764. The molecule has 0 saturated heterocycles. The van der Waals surface area contributed by atoms with E-state index < -0.39 is 0 Å². The molecule has 0 bridgehead atoms. The van der Waals surface area contributed by atoms with Crippen LogP contribution in [0.2, 0.25) is 0 Å². The molecule has 1 aromatic rings. The minimum Gasteiger partial charge on any atom is -0.320 e. The summed E-state index contributed by atoms with van der Waals surface area (Å²) in [5, 5.41) is 11.0. The van der Waals surface area contributed by atoms with E-state index in [9.17, 15) is 0 Å². The first kappa shape index (κ1) is 9.92. The molecule has 0 unspecified atom stereocenters. The van der Waals surface area contributed by atoms with Crippen LogP contribution >= 0.6 is 0 Å². The first-order chi connectivity index (χ1) is 6.20. The monoisotopic (exact) mass is 180 g/mol. The summed E-state index contributed by atoms with van der Waals surface area (Å²) in [5.41, 5.74) is 1.32. The average molecular weight is 180 g/mol. The maximum absolute atomic E-state index is 3.96. The van der Waals surface area contributed by atoms with Crippen molar-refractivity contribution in [3.05, 3.63) is 23.8 Å². The van der Waals surface area contributed by atoms with Crippen molar-refractivity contribution >= 4 is 0 Å². The molecule has 0 aromatic carbocycles. The number of rotatable bonds is 4. The summed E-state index contributed by atoms with van der Waals surface area (Å²) in [6, 6.07) is 0. The molecule has 0 saturated carbocycles. The van der Waals surface area contributed by atoms with Crippen LogP contribution in [-0.4, -0.2) is 21.3 Å². The second kappa shape index (κ2) is 4.77. The Morgan fingerprint density at radius 1 is 1.62 bits per heavy atom. The van der Waals surface area contributed by atoms with Gasteiger partial charge in [0, 0.05) is 13.6 Å². The van der Waals surface area contributed by atoms with Crippen molar-refractivity contribution in [2.24, 2.45) is 7.05 Å². The predicted molar refractivity (Wildman–Crippen MR) is 52.1 cm³/mol. The standard InChI is InChI=1S/C9H16N4/c1-8(2)4-5-10-6-9-12-11-7-13(9)3/h4,7,10H,5-6H2,1-3H3. The third kappa shape index (κ3) is 3.38. The predicted octanol–water partition coefficient (Wildman–Crippen LogP) is 0.871. The molecule has 4 heteroatoms. The van der Waals surface area contributed by atoms with Crippen molar-refractivity contribution in [3.63, 3.8) is 0 Å². The number of allylic oxidation sites excluding steroid dienone is 1. The summed E-state index contributed by atoms with van der Waals surface area (Å²) >= 11 is 0. The first-order valence-corrected chi connectivity index (χ1v) is 4.37. The zero-order valence-corrected chi connectivity index (χ0v) is 8.41. The van der Waals surface area contributed by atoms with Gasteiger partial charge in [-0.1, -0.05) is 11.6 Å². The molecule has 0 radical (unpaired) electrons. The summed E-state index contributed by atoms with van der Waals surface area (Å²) < 4.78 is 1.91. The zero-order chi connectivity index (χ0) is 9.68. The van der Waals surface area contributed by atoms with Crippen molar-refractivity contribution < 1.29 is 0 Å². The molecule has 0 aliphatic heterocycles. The average Bonchev–Trinajstić information content (AvgIpc) is 2.45. The van der Waals surface area contributed by atoms with Crippen LogP contribution in [-0.2, 0) is 13.6 Å². The molecule has 0 amide bonds. The molecule has 4 nitrogen and oxygen atoms in total. The lowest BCUT2D eigenvalue weighted by Gasteiger charge is -2.00. The molecule has 0 aliphatic carbocycles. The highest BCUT2D eigenvalue weighted by atomic mass is 15.3. The zero-order valence-electron chi connectivity index (χ0n) is 8.41. The minimum absolute atomic E-state index is 0.764. The third-order valence-corrected chi connectivity index (χ3v) is 1.74. The largest absolute Gasteiger partial charge is 0.320 e. The van der Waals surface area contributed by atoms with E-state index in [-0.39, 0.29) is 0 Å². The summed E-state index contributed by atoms with van der Waals surface area (Å²) in [4.78, 5) is 0. The molecular weight excluding hydrogens is 164 g/mol.